The van der Waals surface area contributed by atoms with Crippen molar-refractivity contribution in [2.45, 2.75) is 11.8 Å². The molecule has 1 aliphatic rings. The van der Waals surface area contributed by atoms with E-state index in [1.807, 2.05) is 12.1 Å². The Bertz CT molecular complexity index is 719. The Balaban J connectivity index is 2.20. The monoisotopic (exact) mass is 319 g/mol. The van der Waals surface area contributed by atoms with Crippen LogP contribution in [0.1, 0.15) is 23.0 Å². The van der Waals surface area contributed by atoms with Crippen molar-refractivity contribution in [2.75, 3.05) is 13.2 Å². The molecule has 0 saturated carbocycles. The maximum absolute atomic E-state index is 11.1. The molecule has 0 radical (unpaired) electrons. The van der Waals surface area contributed by atoms with E-state index in [4.69, 9.17) is 16.3 Å². The number of nitrogens with zero attached hydrogens (tertiary/aromatic N) is 1. The lowest BCUT2D eigenvalue weighted by molar-refractivity contribution is -0.484. The molecule has 0 amide bonds. The minimum absolute atomic E-state index is 0.219. The molecule has 3 rings (SSSR count). The molecular formula is C16H14ClNO4. The van der Waals surface area contributed by atoms with Crippen LogP contribution in [0.4, 0.5) is 0 Å². The zero-order valence-electron chi connectivity index (χ0n) is 11.6. The third-order valence-corrected chi connectivity index (χ3v) is 4.17. The van der Waals surface area contributed by atoms with Crippen molar-refractivity contribution in [1.29, 1.82) is 0 Å². The zero-order chi connectivity index (χ0) is 15.7. The van der Waals surface area contributed by atoms with Crippen LogP contribution in [0.15, 0.2) is 42.5 Å². The minimum Gasteiger partial charge on any atom is -0.457 e. The highest BCUT2D eigenvalue weighted by atomic mass is 35.5. The second kappa shape index (κ2) is 5.94. The molecule has 0 saturated heterocycles. The number of hydrogen-bond acceptors (Lipinski definition) is 4. The van der Waals surface area contributed by atoms with Crippen LogP contribution < -0.4 is 4.74 Å². The van der Waals surface area contributed by atoms with Gasteiger partial charge in [-0.1, -0.05) is 29.8 Å². The summed E-state index contributed by atoms with van der Waals surface area (Å²) >= 11 is 6.05. The van der Waals surface area contributed by atoms with E-state index in [9.17, 15) is 15.2 Å². The van der Waals surface area contributed by atoms with Crippen LogP contribution in [0.25, 0.3) is 0 Å². The summed E-state index contributed by atoms with van der Waals surface area (Å²) in [4.78, 5) is 10.7. The summed E-state index contributed by atoms with van der Waals surface area (Å²) in [6, 6.07) is 12.3. The summed E-state index contributed by atoms with van der Waals surface area (Å²) in [5.74, 6) is 0.231. The predicted octanol–water partition coefficient (Wildman–Crippen LogP) is 3.58. The highest BCUT2D eigenvalue weighted by Crippen LogP contribution is 2.46. The number of rotatable bonds is 3. The van der Waals surface area contributed by atoms with Crippen LogP contribution in [0.2, 0.25) is 5.02 Å². The molecule has 2 unspecified atom stereocenters. The summed E-state index contributed by atoms with van der Waals surface area (Å²) in [6.07, 6.45) is 0. The molecule has 114 valence electrons. The van der Waals surface area contributed by atoms with E-state index < -0.39 is 11.8 Å². The molecular weight excluding hydrogens is 306 g/mol. The van der Waals surface area contributed by atoms with Gasteiger partial charge < -0.3 is 9.84 Å². The summed E-state index contributed by atoms with van der Waals surface area (Å²) in [5, 5.41) is 21.4. The Morgan fingerprint density at radius 3 is 2.59 bits per heavy atom. The third kappa shape index (κ3) is 2.65. The molecule has 1 heterocycles. The van der Waals surface area contributed by atoms with Crippen molar-refractivity contribution in [3.63, 3.8) is 0 Å². The maximum atomic E-state index is 11.1. The zero-order valence-corrected chi connectivity index (χ0v) is 12.4. The fraction of sp³-hybridized carbons (Fsp3) is 0.250. The van der Waals surface area contributed by atoms with Crippen molar-refractivity contribution < 1.29 is 14.8 Å². The highest BCUT2D eigenvalue weighted by molar-refractivity contribution is 6.30. The van der Waals surface area contributed by atoms with Gasteiger partial charge in [0, 0.05) is 27.0 Å². The molecule has 2 aromatic rings. The van der Waals surface area contributed by atoms with E-state index in [0.717, 1.165) is 5.56 Å². The number of aliphatic hydroxyl groups excluding tert-OH is 1. The number of halogens is 1. The van der Waals surface area contributed by atoms with Crippen molar-refractivity contribution >= 4 is 11.6 Å². The van der Waals surface area contributed by atoms with Crippen LogP contribution in [0.3, 0.4) is 0 Å². The lowest BCUT2D eigenvalue weighted by Gasteiger charge is -2.21. The SMILES string of the molecule is O=[N+]([O-])CC1c2ccccc2Oc2ccc(Cl)cc2C1CO. The average molecular weight is 320 g/mol. The smallest absolute Gasteiger partial charge is 0.211 e. The molecule has 2 aromatic carbocycles. The number of benzene rings is 2. The molecule has 5 nitrogen and oxygen atoms in total. The predicted molar refractivity (Wildman–Crippen MR) is 82.4 cm³/mol. The first kappa shape index (κ1) is 14.8. The van der Waals surface area contributed by atoms with E-state index >= 15 is 0 Å². The Labute approximate surface area is 132 Å². The normalized spacial score (nSPS) is 19.5. The van der Waals surface area contributed by atoms with E-state index in [-0.39, 0.29) is 18.1 Å². The van der Waals surface area contributed by atoms with Gasteiger partial charge in [-0.15, -0.1) is 0 Å². The molecule has 6 heteroatoms. The Morgan fingerprint density at radius 2 is 1.86 bits per heavy atom. The number of nitro groups is 1. The van der Waals surface area contributed by atoms with Gasteiger partial charge in [0.1, 0.15) is 11.5 Å². The first-order valence-corrected chi connectivity index (χ1v) is 7.27. The van der Waals surface area contributed by atoms with Crippen molar-refractivity contribution in [3.05, 3.63) is 68.7 Å². The van der Waals surface area contributed by atoms with Gasteiger partial charge in [0.05, 0.1) is 12.5 Å². The average Bonchev–Trinajstić information content (AvgIpc) is 2.61. The number of ether oxygens (including phenoxy) is 1. The van der Waals surface area contributed by atoms with E-state index in [1.165, 1.54) is 0 Å². The van der Waals surface area contributed by atoms with Crippen LogP contribution in [0.5, 0.6) is 11.5 Å². The second-order valence-electron chi connectivity index (χ2n) is 5.23. The van der Waals surface area contributed by atoms with Crippen LogP contribution in [-0.4, -0.2) is 23.2 Å². The van der Waals surface area contributed by atoms with Crippen LogP contribution in [0, 0.1) is 10.1 Å². The van der Waals surface area contributed by atoms with Gasteiger partial charge in [-0.2, -0.15) is 0 Å². The molecule has 0 bridgehead atoms. The fourth-order valence-corrected chi connectivity index (χ4v) is 3.13. The van der Waals surface area contributed by atoms with E-state index in [0.29, 0.717) is 22.1 Å². The lowest BCUT2D eigenvalue weighted by atomic mass is 9.82. The van der Waals surface area contributed by atoms with Crippen molar-refractivity contribution in [3.8, 4) is 11.5 Å². The Morgan fingerprint density at radius 1 is 1.14 bits per heavy atom. The molecule has 22 heavy (non-hydrogen) atoms. The molecule has 2 atom stereocenters. The van der Waals surface area contributed by atoms with Crippen molar-refractivity contribution in [2.24, 2.45) is 0 Å². The van der Waals surface area contributed by atoms with Gasteiger partial charge in [0.25, 0.3) is 0 Å². The first-order valence-electron chi connectivity index (χ1n) is 6.89. The fourth-order valence-electron chi connectivity index (χ4n) is 2.95. The molecule has 0 aliphatic carbocycles. The van der Waals surface area contributed by atoms with Crippen LogP contribution >= 0.6 is 11.6 Å². The topological polar surface area (TPSA) is 72.6 Å². The molecule has 0 spiro atoms. The molecule has 0 aromatic heterocycles. The Kier molecular flexibility index (Phi) is 4.00. The van der Waals surface area contributed by atoms with Gasteiger partial charge in [-0.25, -0.2) is 0 Å². The quantitative estimate of drug-likeness (QED) is 0.693. The number of para-hydroxylation sites is 1. The minimum atomic E-state index is -0.476. The Hall–Kier alpha value is -2.11. The first-order chi connectivity index (χ1) is 10.6. The maximum Gasteiger partial charge on any atom is 0.211 e. The summed E-state index contributed by atoms with van der Waals surface area (Å²) in [5.41, 5.74) is 1.42. The van der Waals surface area contributed by atoms with Gasteiger partial charge in [0.15, 0.2) is 0 Å². The lowest BCUT2D eigenvalue weighted by Crippen LogP contribution is -2.22. The number of hydrogen-bond donors (Lipinski definition) is 1. The number of aliphatic hydroxyl groups is 1. The second-order valence-corrected chi connectivity index (χ2v) is 5.67. The number of fused-ring (bicyclic) bond motifs is 2. The van der Waals surface area contributed by atoms with Crippen LogP contribution in [-0.2, 0) is 0 Å². The van der Waals surface area contributed by atoms with E-state index in [2.05, 4.69) is 0 Å². The molecule has 1 N–H and O–H groups in total. The molecule has 1 aliphatic heterocycles. The van der Waals surface area contributed by atoms with Gasteiger partial charge in [-0.3, -0.25) is 10.1 Å². The largest absolute Gasteiger partial charge is 0.457 e. The summed E-state index contributed by atoms with van der Waals surface area (Å²) < 4.78 is 5.91. The summed E-state index contributed by atoms with van der Waals surface area (Å²) in [6.45, 7) is -0.499. The van der Waals surface area contributed by atoms with Gasteiger partial charge in [0.2, 0.25) is 6.54 Å². The third-order valence-electron chi connectivity index (χ3n) is 3.94. The standard InChI is InChI=1S/C16H14ClNO4/c17-10-5-6-16-12(7-10)14(9-19)13(8-18(20)21)11-3-1-2-4-15(11)22-16/h1-7,13-14,19H,8-9H2. The summed E-state index contributed by atoms with van der Waals surface area (Å²) in [7, 11) is 0. The van der Waals surface area contributed by atoms with E-state index in [1.54, 1.807) is 30.3 Å². The molecule has 0 fully saturated rings. The van der Waals surface area contributed by atoms with Gasteiger partial charge in [-0.05, 0) is 24.3 Å². The van der Waals surface area contributed by atoms with Gasteiger partial charge >= 0.3 is 0 Å². The van der Waals surface area contributed by atoms with Crippen molar-refractivity contribution in [1.82, 2.24) is 0 Å². The highest BCUT2D eigenvalue weighted by Gasteiger charge is 2.35.